The Kier molecular flexibility index (Phi) is 32.4. The van der Waals surface area contributed by atoms with Gasteiger partial charge in [0.15, 0.2) is 0 Å². The van der Waals surface area contributed by atoms with Gasteiger partial charge < -0.3 is 21.3 Å². The van der Waals surface area contributed by atoms with Crippen molar-refractivity contribution in [2.75, 3.05) is 39.3 Å². The van der Waals surface area contributed by atoms with Gasteiger partial charge in [-0.25, -0.2) is 0 Å². The molecular formula is C35H72N4O2. The zero-order valence-corrected chi connectivity index (χ0v) is 27.8. The van der Waals surface area contributed by atoms with Crippen LogP contribution in [-0.4, -0.2) is 56.0 Å². The lowest BCUT2D eigenvalue weighted by atomic mass is 10.1. The molecule has 4 N–H and O–H groups in total. The highest BCUT2D eigenvalue weighted by Gasteiger charge is 2.10. The summed E-state index contributed by atoms with van der Waals surface area (Å²) in [6.45, 7) is 8.95. The summed E-state index contributed by atoms with van der Waals surface area (Å²) in [4.78, 5) is 26.9. The molecule has 0 unspecified atom stereocenters. The van der Waals surface area contributed by atoms with Crippen molar-refractivity contribution in [1.29, 1.82) is 0 Å². The fraction of sp³-hybridized carbons (Fsp3) is 0.943. The fourth-order valence-corrected chi connectivity index (χ4v) is 5.38. The topological polar surface area (TPSA) is 87.5 Å². The zero-order valence-electron chi connectivity index (χ0n) is 27.8. The summed E-state index contributed by atoms with van der Waals surface area (Å²) < 4.78 is 0. The molecule has 0 aliphatic rings. The Hall–Kier alpha value is -1.14. The van der Waals surface area contributed by atoms with Crippen LogP contribution >= 0.6 is 0 Å². The summed E-state index contributed by atoms with van der Waals surface area (Å²) >= 11 is 0. The van der Waals surface area contributed by atoms with E-state index in [4.69, 9.17) is 5.73 Å². The van der Waals surface area contributed by atoms with Gasteiger partial charge in [0.25, 0.3) is 0 Å². The first-order chi connectivity index (χ1) is 20.1. The third kappa shape index (κ3) is 31.6. The van der Waals surface area contributed by atoms with Gasteiger partial charge in [-0.05, 0) is 32.4 Å². The highest BCUT2D eigenvalue weighted by atomic mass is 16.2. The summed E-state index contributed by atoms with van der Waals surface area (Å²) in [5, 5.41) is 6.17. The molecule has 6 heteroatoms. The summed E-state index contributed by atoms with van der Waals surface area (Å²) in [5.41, 5.74) is 5.72. The Morgan fingerprint density at radius 2 is 0.780 bits per heavy atom. The molecule has 2 amide bonds. The normalized spacial score (nSPS) is 11.3. The zero-order chi connectivity index (χ0) is 30.1. The molecule has 0 bridgehead atoms. The molecule has 0 spiro atoms. The number of amides is 2. The number of nitrogens with one attached hydrogen (secondary N) is 2. The first-order valence-electron chi connectivity index (χ1n) is 18.1. The quantitative estimate of drug-likeness (QED) is 0.0682. The lowest BCUT2D eigenvalue weighted by Crippen LogP contribution is -2.35. The van der Waals surface area contributed by atoms with Crippen molar-refractivity contribution in [1.82, 2.24) is 15.5 Å². The van der Waals surface area contributed by atoms with Crippen LogP contribution in [0.5, 0.6) is 0 Å². The van der Waals surface area contributed by atoms with Gasteiger partial charge in [-0.2, -0.15) is 0 Å². The number of carbonyl (C=O) groups is 2. The Morgan fingerprint density at radius 3 is 1.10 bits per heavy atom. The first kappa shape index (κ1) is 39.9. The molecule has 244 valence electrons. The highest BCUT2D eigenvalue weighted by molar-refractivity contribution is 5.76. The Bertz CT molecular complexity index is 514. The predicted molar refractivity (Wildman–Crippen MR) is 178 cm³/mol. The molecule has 0 atom stereocenters. The van der Waals surface area contributed by atoms with E-state index in [9.17, 15) is 9.59 Å². The number of rotatable bonds is 33. The van der Waals surface area contributed by atoms with Crippen molar-refractivity contribution >= 4 is 11.8 Å². The molecule has 0 aromatic rings. The minimum absolute atomic E-state index is 0.121. The lowest BCUT2D eigenvalue weighted by molar-refractivity contribution is -0.121. The summed E-state index contributed by atoms with van der Waals surface area (Å²) in [6.07, 6.45) is 30.9. The SMILES string of the molecule is CCCCCCCCCCCCCNC(=O)CCN(CCCN)CCC(=O)NCCCCCCCCCCCCC. The summed E-state index contributed by atoms with van der Waals surface area (Å²) in [6, 6.07) is 0. The van der Waals surface area contributed by atoms with E-state index < -0.39 is 0 Å². The van der Waals surface area contributed by atoms with Gasteiger partial charge >= 0.3 is 0 Å². The molecule has 0 radical (unpaired) electrons. The van der Waals surface area contributed by atoms with E-state index in [1.54, 1.807) is 0 Å². The van der Waals surface area contributed by atoms with Crippen molar-refractivity contribution < 1.29 is 9.59 Å². The highest BCUT2D eigenvalue weighted by Crippen LogP contribution is 2.12. The van der Waals surface area contributed by atoms with Crippen LogP contribution in [0.25, 0.3) is 0 Å². The number of nitrogens with two attached hydrogens (primary N) is 1. The van der Waals surface area contributed by atoms with Crippen LogP contribution in [0.2, 0.25) is 0 Å². The van der Waals surface area contributed by atoms with Crippen molar-refractivity contribution in [3.8, 4) is 0 Å². The second-order valence-corrected chi connectivity index (χ2v) is 12.3. The molecule has 41 heavy (non-hydrogen) atoms. The van der Waals surface area contributed by atoms with E-state index in [-0.39, 0.29) is 11.8 Å². The molecule has 0 heterocycles. The average Bonchev–Trinajstić information content (AvgIpc) is 2.97. The largest absolute Gasteiger partial charge is 0.356 e. The molecule has 0 saturated heterocycles. The van der Waals surface area contributed by atoms with Crippen molar-refractivity contribution in [3.63, 3.8) is 0 Å². The molecule has 0 aromatic heterocycles. The Balaban J connectivity index is 3.74. The number of carbonyl (C=O) groups excluding carboxylic acids is 2. The third-order valence-electron chi connectivity index (χ3n) is 8.19. The lowest BCUT2D eigenvalue weighted by Gasteiger charge is -2.21. The molecular weight excluding hydrogens is 508 g/mol. The summed E-state index contributed by atoms with van der Waals surface area (Å²) in [7, 11) is 0. The first-order valence-corrected chi connectivity index (χ1v) is 18.1. The van der Waals surface area contributed by atoms with Crippen LogP contribution in [-0.2, 0) is 9.59 Å². The molecule has 0 aliphatic heterocycles. The minimum atomic E-state index is 0.121. The third-order valence-corrected chi connectivity index (χ3v) is 8.19. The van der Waals surface area contributed by atoms with Crippen LogP contribution in [0.4, 0.5) is 0 Å². The van der Waals surface area contributed by atoms with E-state index in [0.29, 0.717) is 32.5 Å². The van der Waals surface area contributed by atoms with Crippen molar-refractivity contribution in [3.05, 3.63) is 0 Å². The van der Waals surface area contributed by atoms with Gasteiger partial charge in [-0.1, -0.05) is 142 Å². The predicted octanol–water partition coefficient (Wildman–Crippen LogP) is 8.27. The minimum Gasteiger partial charge on any atom is -0.356 e. The Labute approximate surface area is 256 Å². The standard InChI is InChI=1S/C35H72N4O2/c1-3-5-7-9-11-13-15-17-19-21-23-29-37-34(40)26-32-39(31-25-28-36)33-27-35(41)38-30-24-22-20-18-16-14-12-10-8-6-4-2/h3-33,36H2,1-2H3,(H,37,40)(H,38,41). The maximum absolute atomic E-state index is 12.3. The van der Waals surface area contributed by atoms with Gasteiger partial charge in [-0.15, -0.1) is 0 Å². The average molecular weight is 581 g/mol. The van der Waals surface area contributed by atoms with Gasteiger partial charge in [0.1, 0.15) is 0 Å². The van der Waals surface area contributed by atoms with Crippen LogP contribution in [0.15, 0.2) is 0 Å². The van der Waals surface area contributed by atoms with E-state index >= 15 is 0 Å². The van der Waals surface area contributed by atoms with Crippen LogP contribution in [0, 0.1) is 0 Å². The Morgan fingerprint density at radius 1 is 0.463 bits per heavy atom. The molecule has 0 fully saturated rings. The summed E-state index contributed by atoms with van der Waals surface area (Å²) in [5.74, 6) is 0.242. The van der Waals surface area contributed by atoms with Gasteiger partial charge in [0.05, 0.1) is 0 Å². The molecule has 0 saturated carbocycles. The monoisotopic (exact) mass is 581 g/mol. The van der Waals surface area contributed by atoms with Crippen LogP contribution in [0.1, 0.15) is 174 Å². The van der Waals surface area contributed by atoms with Gasteiger partial charge in [-0.3, -0.25) is 9.59 Å². The van der Waals surface area contributed by atoms with E-state index in [1.165, 1.54) is 128 Å². The van der Waals surface area contributed by atoms with E-state index in [1.807, 2.05) is 0 Å². The number of nitrogens with zero attached hydrogens (tertiary/aromatic N) is 1. The van der Waals surface area contributed by atoms with Crippen LogP contribution in [0.3, 0.4) is 0 Å². The van der Waals surface area contributed by atoms with Crippen molar-refractivity contribution in [2.24, 2.45) is 5.73 Å². The van der Waals surface area contributed by atoms with Gasteiger partial charge in [0.2, 0.25) is 11.8 Å². The maximum atomic E-state index is 12.3. The van der Waals surface area contributed by atoms with E-state index in [2.05, 4.69) is 29.4 Å². The number of unbranched alkanes of at least 4 members (excludes halogenated alkanes) is 20. The van der Waals surface area contributed by atoms with Crippen molar-refractivity contribution in [2.45, 2.75) is 174 Å². The van der Waals surface area contributed by atoms with Gasteiger partial charge in [0, 0.05) is 39.0 Å². The van der Waals surface area contributed by atoms with Crippen LogP contribution < -0.4 is 16.4 Å². The maximum Gasteiger partial charge on any atom is 0.221 e. The molecule has 0 aromatic carbocycles. The number of hydrogen-bond acceptors (Lipinski definition) is 4. The molecule has 6 nitrogen and oxygen atoms in total. The fourth-order valence-electron chi connectivity index (χ4n) is 5.38. The van der Waals surface area contributed by atoms with E-state index in [0.717, 1.165) is 38.9 Å². The molecule has 0 rings (SSSR count). The smallest absolute Gasteiger partial charge is 0.221 e. The second-order valence-electron chi connectivity index (χ2n) is 12.3. The number of hydrogen-bond donors (Lipinski definition) is 3. The second kappa shape index (κ2) is 33.4. The molecule has 0 aliphatic carbocycles.